The van der Waals surface area contributed by atoms with Crippen molar-refractivity contribution in [2.24, 2.45) is 0 Å². The second kappa shape index (κ2) is 10.4. The monoisotopic (exact) mass is 439 g/mol. The van der Waals surface area contributed by atoms with Gasteiger partial charge in [0.05, 0.1) is 24.5 Å². The first-order valence-electron chi connectivity index (χ1n) is 9.70. The molecule has 0 aromatic heterocycles. The molecule has 1 unspecified atom stereocenters. The zero-order valence-corrected chi connectivity index (χ0v) is 17.9. The minimum absolute atomic E-state index is 0.247. The van der Waals surface area contributed by atoms with Gasteiger partial charge in [-0.05, 0) is 31.5 Å². The van der Waals surface area contributed by atoms with Crippen LogP contribution in [0.4, 0.5) is 4.39 Å². The number of rotatable bonds is 9. The van der Waals surface area contributed by atoms with Crippen molar-refractivity contribution in [3.05, 3.63) is 34.3 Å². The van der Waals surface area contributed by atoms with Gasteiger partial charge in [0.25, 0.3) is 5.91 Å². The van der Waals surface area contributed by atoms with E-state index in [-0.39, 0.29) is 6.42 Å². The SMILES string of the molecule is CC[C@@H](C(=O)NC(CC(=O)OC(C)C)C(=O)CF)[N+]1=CCc2ccc(Cl)cc2C1=O. The molecule has 0 bridgehead atoms. The average molecular weight is 440 g/mol. The first-order valence-corrected chi connectivity index (χ1v) is 10.1. The number of nitrogens with zero attached hydrogens (tertiary/aromatic N) is 1. The van der Waals surface area contributed by atoms with Crippen LogP contribution < -0.4 is 5.32 Å². The fourth-order valence-electron chi connectivity index (χ4n) is 3.21. The molecule has 2 amide bonds. The van der Waals surface area contributed by atoms with Crippen LogP contribution in [0.15, 0.2) is 18.2 Å². The second-order valence-corrected chi connectivity index (χ2v) is 7.66. The molecule has 1 N–H and O–H groups in total. The summed E-state index contributed by atoms with van der Waals surface area (Å²) < 4.78 is 19.2. The molecule has 30 heavy (non-hydrogen) atoms. The van der Waals surface area contributed by atoms with E-state index in [2.05, 4.69) is 5.32 Å². The molecule has 9 heteroatoms. The second-order valence-electron chi connectivity index (χ2n) is 7.23. The Hall–Kier alpha value is -2.61. The number of nitrogens with one attached hydrogen (secondary N) is 1. The molecule has 0 radical (unpaired) electrons. The van der Waals surface area contributed by atoms with E-state index in [0.717, 1.165) is 5.56 Å². The number of fused-ring (bicyclic) bond motifs is 1. The molecular formula is C21H25ClFN2O5+. The maximum atomic E-state index is 13.0. The summed E-state index contributed by atoms with van der Waals surface area (Å²) in [5, 5.41) is 2.81. The lowest BCUT2D eigenvalue weighted by molar-refractivity contribution is -0.456. The molecule has 2 atom stereocenters. The number of alkyl halides is 1. The number of carbonyl (C=O) groups is 4. The van der Waals surface area contributed by atoms with E-state index in [1.165, 1.54) is 4.58 Å². The van der Waals surface area contributed by atoms with E-state index < -0.39 is 54.8 Å². The van der Waals surface area contributed by atoms with Gasteiger partial charge in [0, 0.05) is 11.4 Å². The van der Waals surface area contributed by atoms with E-state index in [1.54, 1.807) is 45.2 Å². The normalized spacial score (nSPS) is 15.1. The lowest BCUT2D eigenvalue weighted by Crippen LogP contribution is -2.52. The predicted octanol–water partition coefficient (Wildman–Crippen LogP) is 2.26. The largest absolute Gasteiger partial charge is 0.463 e. The van der Waals surface area contributed by atoms with Gasteiger partial charge in [0.15, 0.2) is 12.0 Å². The molecule has 1 heterocycles. The molecule has 2 rings (SSSR count). The van der Waals surface area contributed by atoms with Crippen LogP contribution in [-0.2, 0) is 25.5 Å². The first kappa shape index (κ1) is 23.7. The molecule has 0 fully saturated rings. The molecule has 162 valence electrons. The summed E-state index contributed by atoms with van der Waals surface area (Å²) in [6, 6.07) is 2.68. The molecule has 0 aliphatic carbocycles. The van der Waals surface area contributed by atoms with Gasteiger partial charge in [-0.3, -0.25) is 14.4 Å². The summed E-state index contributed by atoms with van der Waals surface area (Å²) >= 11 is 5.99. The number of halogens is 2. The molecule has 1 aliphatic rings. The minimum Gasteiger partial charge on any atom is -0.463 e. The van der Waals surface area contributed by atoms with Crippen molar-refractivity contribution in [2.45, 2.75) is 58.2 Å². The minimum atomic E-state index is -1.37. The van der Waals surface area contributed by atoms with Crippen molar-refractivity contribution in [3.8, 4) is 0 Å². The number of esters is 1. The Kier molecular flexibility index (Phi) is 8.23. The lowest BCUT2D eigenvalue weighted by atomic mass is 9.99. The van der Waals surface area contributed by atoms with Gasteiger partial charge in [-0.15, -0.1) is 0 Å². The summed E-state index contributed by atoms with van der Waals surface area (Å²) in [5.41, 5.74) is 1.19. The zero-order chi connectivity index (χ0) is 22.4. The molecule has 1 aromatic rings. The number of hydrogen-bond acceptors (Lipinski definition) is 5. The van der Waals surface area contributed by atoms with Gasteiger partial charge in [-0.1, -0.05) is 24.6 Å². The van der Waals surface area contributed by atoms with Crippen molar-refractivity contribution in [1.82, 2.24) is 5.32 Å². The molecule has 1 aliphatic heterocycles. The summed E-state index contributed by atoms with van der Waals surface area (Å²) in [7, 11) is 0. The van der Waals surface area contributed by atoms with Crippen LogP contribution in [0.3, 0.4) is 0 Å². The van der Waals surface area contributed by atoms with Crippen LogP contribution >= 0.6 is 11.6 Å². The number of ketones is 1. The highest BCUT2D eigenvalue weighted by Gasteiger charge is 2.39. The molecule has 0 saturated carbocycles. The smallest absolute Gasteiger partial charge is 0.420 e. The topological polar surface area (TPSA) is 92.6 Å². The first-order chi connectivity index (χ1) is 14.2. The average Bonchev–Trinajstić information content (AvgIpc) is 2.68. The Labute approximate surface area is 179 Å². The summed E-state index contributed by atoms with van der Waals surface area (Å²) in [5.74, 6) is -2.72. The predicted molar refractivity (Wildman–Crippen MR) is 109 cm³/mol. The Morgan fingerprint density at radius 1 is 1.30 bits per heavy atom. The number of amides is 2. The molecular weight excluding hydrogens is 415 g/mol. The van der Waals surface area contributed by atoms with Crippen molar-refractivity contribution in [1.29, 1.82) is 0 Å². The maximum Gasteiger partial charge on any atom is 0.420 e. The maximum absolute atomic E-state index is 13.0. The van der Waals surface area contributed by atoms with Gasteiger partial charge in [-0.25, -0.2) is 9.18 Å². The zero-order valence-electron chi connectivity index (χ0n) is 17.1. The standard InChI is InChI=1S/C21H24ClFN2O5/c1-4-17(25-8-7-13-5-6-14(22)9-15(13)21(25)29)20(28)24-16(18(26)11-23)10-19(27)30-12(2)3/h5-6,8-9,12,16-17H,4,7,10-11H2,1-3H3/p+1/t16?,17-/m0/s1. The third kappa shape index (κ3) is 5.72. The van der Waals surface area contributed by atoms with Gasteiger partial charge in [-0.2, -0.15) is 4.58 Å². The Morgan fingerprint density at radius 2 is 2.00 bits per heavy atom. The van der Waals surface area contributed by atoms with Crippen LogP contribution in [0.5, 0.6) is 0 Å². The Morgan fingerprint density at radius 3 is 2.60 bits per heavy atom. The number of hydrogen-bond donors (Lipinski definition) is 1. The van der Waals surface area contributed by atoms with Crippen LogP contribution in [0.1, 0.15) is 49.5 Å². The third-order valence-corrected chi connectivity index (χ3v) is 4.88. The number of ether oxygens (including phenoxy) is 1. The fourth-order valence-corrected chi connectivity index (χ4v) is 3.38. The molecule has 7 nitrogen and oxygen atoms in total. The molecule has 1 aromatic carbocycles. The lowest BCUT2D eigenvalue weighted by Gasteiger charge is -2.20. The van der Waals surface area contributed by atoms with Crippen molar-refractivity contribution < 1.29 is 32.9 Å². The summed E-state index contributed by atoms with van der Waals surface area (Å²) in [6.07, 6.45) is 1.38. The molecule has 0 saturated heterocycles. The van der Waals surface area contributed by atoms with Crippen LogP contribution in [0, 0.1) is 0 Å². The number of benzene rings is 1. The highest BCUT2D eigenvalue weighted by molar-refractivity contribution is 6.31. The van der Waals surface area contributed by atoms with E-state index in [4.69, 9.17) is 16.3 Å². The van der Waals surface area contributed by atoms with E-state index in [9.17, 15) is 23.6 Å². The summed E-state index contributed by atoms with van der Waals surface area (Å²) in [4.78, 5) is 49.6. The van der Waals surface area contributed by atoms with Crippen molar-refractivity contribution in [3.63, 3.8) is 0 Å². The molecule has 0 spiro atoms. The van der Waals surface area contributed by atoms with E-state index in [1.807, 2.05) is 0 Å². The third-order valence-electron chi connectivity index (χ3n) is 4.64. The van der Waals surface area contributed by atoms with Gasteiger partial charge < -0.3 is 10.1 Å². The fraction of sp³-hybridized carbons (Fsp3) is 0.476. The van der Waals surface area contributed by atoms with Crippen molar-refractivity contribution in [2.75, 3.05) is 6.67 Å². The highest BCUT2D eigenvalue weighted by atomic mass is 35.5. The summed E-state index contributed by atoms with van der Waals surface area (Å²) in [6.45, 7) is 3.64. The quantitative estimate of drug-likeness (QED) is 0.470. The van der Waals surface area contributed by atoms with E-state index in [0.29, 0.717) is 17.0 Å². The Bertz CT molecular complexity index is 884. The van der Waals surface area contributed by atoms with Crippen molar-refractivity contribution >= 4 is 41.4 Å². The van der Waals surface area contributed by atoms with Gasteiger partial charge in [0.1, 0.15) is 12.7 Å². The van der Waals surface area contributed by atoms with Crippen LogP contribution in [0.2, 0.25) is 5.02 Å². The highest BCUT2D eigenvalue weighted by Crippen LogP contribution is 2.21. The van der Waals surface area contributed by atoms with Gasteiger partial charge >= 0.3 is 11.9 Å². The number of carbonyl (C=O) groups excluding carboxylic acids is 4. The number of Topliss-reactive ketones (excluding diaryl/α,β-unsaturated/α-hetero) is 1. The van der Waals surface area contributed by atoms with Crippen LogP contribution in [0.25, 0.3) is 0 Å². The van der Waals surface area contributed by atoms with Gasteiger partial charge in [0.2, 0.25) is 6.04 Å². The van der Waals surface area contributed by atoms with Crippen LogP contribution in [-0.4, -0.2) is 59.2 Å². The van der Waals surface area contributed by atoms with E-state index >= 15 is 0 Å². The Balaban J connectivity index is 2.19.